The maximum atomic E-state index is 12.4. The van der Waals surface area contributed by atoms with Crippen LogP contribution in [-0.4, -0.2) is 32.0 Å². The van der Waals surface area contributed by atoms with E-state index in [2.05, 4.69) is 20.2 Å². The quantitative estimate of drug-likeness (QED) is 0.637. The monoisotopic (exact) mass is 409 g/mol. The van der Waals surface area contributed by atoms with Gasteiger partial charge < -0.3 is 11.5 Å². The normalized spacial score (nSPS) is 14.4. The topological polar surface area (TPSA) is 141 Å². The van der Waals surface area contributed by atoms with Gasteiger partial charge in [0.2, 0.25) is 11.1 Å². The molecule has 0 bridgehead atoms. The van der Waals surface area contributed by atoms with Gasteiger partial charge in [-0.2, -0.15) is 0 Å². The molecular weight excluding hydrogens is 390 g/mol. The molecule has 29 heavy (non-hydrogen) atoms. The van der Waals surface area contributed by atoms with Crippen LogP contribution in [0.2, 0.25) is 0 Å². The minimum Gasteiger partial charge on any atom is -0.368 e. The zero-order valence-electron chi connectivity index (χ0n) is 15.6. The van der Waals surface area contributed by atoms with Crippen LogP contribution in [0.3, 0.4) is 0 Å². The van der Waals surface area contributed by atoms with E-state index >= 15 is 0 Å². The van der Waals surface area contributed by atoms with Crippen LogP contribution < -0.4 is 16.4 Å². The van der Waals surface area contributed by atoms with Crippen molar-refractivity contribution in [2.75, 3.05) is 10.6 Å². The minimum atomic E-state index is -0.671. The number of Topliss-reactive ketones (excluding diaryl/α,β-unsaturated/α-hetero) is 1. The second-order valence-corrected chi connectivity index (χ2v) is 7.87. The Labute approximate surface area is 170 Å². The molecule has 1 aliphatic carbocycles. The number of carbonyl (C=O) groups excluding carboxylic acids is 2. The molecule has 1 fully saturated rings. The molecule has 2 heterocycles. The summed E-state index contributed by atoms with van der Waals surface area (Å²) in [6, 6.07) is 6.38. The van der Waals surface area contributed by atoms with Gasteiger partial charge in [0.05, 0.1) is 11.6 Å². The zero-order chi connectivity index (χ0) is 20.5. The fourth-order valence-electron chi connectivity index (χ4n) is 3.15. The summed E-state index contributed by atoms with van der Waals surface area (Å²) in [6.07, 6.45) is 5.23. The molecule has 9 nitrogen and oxygen atoms in total. The number of primary amides is 1. The Morgan fingerprint density at radius 2 is 1.90 bits per heavy atom. The van der Waals surface area contributed by atoms with E-state index < -0.39 is 11.9 Å². The van der Waals surface area contributed by atoms with Crippen LogP contribution >= 0.6 is 11.3 Å². The maximum absolute atomic E-state index is 12.4. The van der Waals surface area contributed by atoms with Gasteiger partial charge in [-0.15, -0.1) is 10.2 Å². The number of rotatable bonds is 6. The summed E-state index contributed by atoms with van der Waals surface area (Å²) >= 11 is 1.36. The molecule has 4 rings (SSSR count). The van der Waals surface area contributed by atoms with E-state index in [-0.39, 0.29) is 11.7 Å². The van der Waals surface area contributed by atoms with E-state index in [9.17, 15) is 9.59 Å². The smallest absolute Gasteiger partial charge is 0.325 e. The second kappa shape index (κ2) is 7.55. The van der Waals surface area contributed by atoms with Crippen molar-refractivity contribution in [3.63, 3.8) is 0 Å². The van der Waals surface area contributed by atoms with Crippen LogP contribution in [0.1, 0.15) is 47.7 Å². The number of nitrogens with zero attached hydrogens (tertiary/aromatic N) is 5. The highest BCUT2D eigenvalue weighted by Crippen LogP contribution is 2.43. The standard InChI is InChI=1S/C19H19N7O2S/c1-10(27)15(13-8-22-17(20)23-9-13)12-3-2-4-14(7-12)26(18(21)28)19-25-24-16(29-19)11-5-6-11/h2-4,7-9,11,15H,5-6H2,1H3,(H2,21,28)(H2,20,22,23). The molecular formula is C19H19N7O2S. The van der Waals surface area contributed by atoms with E-state index in [1.165, 1.54) is 35.6 Å². The van der Waals surface area contributed by atoms with Gasteiger partial charge in [0, 0.05) is 23.9 Å². The number of amides is 2. The summed E-state index contributed by atoms with van der Waals surface area (Å²) in [5.74, 6) is -0.128. The molecule has 3 aromatic rings. The summed E-state index contributed by atoms with van der Waals surface area (Å²) < 4.78 is 0. The van der Waals surface area contributed by atoms with Crippen molar-refractivity contribution in [2.45, 2.75) is 31.6 Å². The van der Waals surface area contributed by atoms with E-state index in [1.54, 1.807) is 24.3 Å². The first-order chi connectivity index (χ1) is 13.9. The van der Waals surface area contributed by atoms with Crippen LogP contribution in [0, 0.1) is 0 Å². The number of hydrogen-bond acceptors (Lipinski definition) is 8. The van der Waals surface area contributed by atoms with Crippen molar-refractivity contribution in [1.82, 2.24) is 20.2 Å². The molecule has 1 unspecified atom stereocenters. The third kappa shape index (κ3) is 3.92. The molecule has 1 aromatic carbocycles. The van der Waals surface area contributed by atoms with E-state index in [0.717, 1.165) is 17.8 Å². The number of aromatic nitrogens is 4. The predicted molar refractivity (Wildman–Crippen MR) is 109 cm³/mol. The number of hydrogen-bond donors (Lipinski definition) is 2. The lowest BCUT2D eigenvalue weighted by Crippen LogP contribution is -2.31. The van der Waals surface area contributed by atoms with Gasteiger partial charge in [-0.1, -0.05) is 23.5 Å². The Hall–Kier alpha value is -3.40. The molecule has 2 amide bonds. The number of nitrogens with two attached hydrogens (primary N) is 2. The largest absolute Gasteiger partial charge is 0.368 e. The van der Waals surface area contributed by atoms with Crippen LogP contribution in [0.25, 0.3) is 0 Å². The van der Waals surface area contributed by atoms with Crippen molar-refractivity contribution in [1.29, 1.82) is 0 Å². The average molecular weight is 409 g/mol. The Balaban J connectivity index is 1.72. The molecule has 148 valence electrons. The fraction of sp³-hybridized carbons (Fsp3) is 0.263. The molecule has 0 aliphatic heterocycles. The summed E-state index contributed by atoms with van der Waals surface area (Å²) in [5.41, 5.74) is 13.0. The molecule has 1 saturated carbocycles. The number of anilines is 3. The Kier molecular flexibility index (Phi) is 4.93. The number of nitrogen functional groups attached to an aromatic ring is 1. The third-order valence-corrected chi connectivity index (χ3v) is 5.73. The number of benzene rings is 1. The number of carbonyl (C=O) groups is 2. The Morgan fingerprint density at radius 3 is 2.52 bits per heavy atom. The molecule has 0 saturated heterocycles. The van der Waals surface area contributed by atoms with Crippen molar-refractivity contribution in [3.05, 3.63) is 52.8 Å². The molecule has 1 atom stereocenters. The predicted octanol–water partition coefficient (Wildman–Crippen LogP) is 2.73. The average Bonchev–Trinajstić information content (AvgIpc) is 3.42. The second-order valence-electron chi connectivity index (χ2n) is 6.88. The maximum Gasteiger partial charge on any atom is 0.325 e. The number of ketones is 1. The highest BCUT2D eigenvalue weighted by atomic mass is 32.1. The van der Waals surface area contributed by atoms with Gasteiger partial charge in [0.15, 0.2) is 0 Å². The first-order valence-corrected chi connectivity index (χ1v) is 9.86. The van der Waals surface area contributed by atoms with Gasteiger partial charge in [-0.05, 0) is 37.5 Å². The van der Waals surface area contributed by atoms with Crippen molar-refractivity contribution >= 4 is 39.9 Å². The molecule has 4 N–H and O–H groups in total. The summed E-state index contributed by atoms with van der Waals surface area (Å²) in [7, 11) is 0. The van der Waals surface area contributed by atoms with Crippen LogP contribution in [-0.2, 0) is 4.79 Å². The van der Waals surface area contributed by atoms with Gasteiger partial charge in [-0.3, -0.25) is 4.79 Å². The van der Waals surface area contributed by atoms with Crippen LogP contribution in [0.15, 0.2) is 36.7 Å². The first-order valence-electron chi connectivity index (χ1n) is 9.05. The van der Waals surface area contributed by atoms with E-state index in [1.807, 2.05) is 0 Å². The van der Waals surface area contributed by atoms with Crippen molar-refractivity contribution < 1.29 is 9.59 Å². The molecule has 0 spiro atoms. The third-order valence-electron chi connectivity index (χ3n) is 4.66. The van der Waals surface area contributed by atoms with Crippen LogP contribution in [0.4, 0.5) is 21.6 Å². The van der Waals surface area contributed by atoms with Crippen molar-refractivity contribution in [3.8, 4) is 0 Å². The van der Waals surface area contributed by atoms with Gasteiger partial charge in [0.1, 0.15) is 10.8 Å². The lowest BCUT2D eigenvalue weighted by atomic mass is 9.89. The highest BCUT2D eigenvalue weighted by molar-refractivity contribution is 7.15. The fourth-order valence-corrected chi connectivity index (χ4v) is 4.19. The molecule has 0 radical (unpaired) electrons. The summed E-state index contributed by atoms with van der Waals surface area (Å²) in [6.45, 7) is 1.49. The minimum absolute atomic E-state index is 0.0897. The van der Waals surface area contributed by atoms with Gasteiger partial charge >= 0.3 is 6.03 Å². The molecule has 2 aromatic heterocycles. The van der Waals surface area contributed by atoms with Gasteiger partial charge in [-0.25, -0.2) is 19.7 Å². The first kappa shape index (κ1) is 18.9. The Morgan fingerprint density at radius 1 is 1.17 bits per heavy atom. The zero-order valence-corrected chi connectivity index (χ0v) is 16.5. The Bertz CT molecular complexity index is 1060. The SMILES string of the molecule is CC(=O)C(c1cnc(N)nc1)c1cccc(N(C(N)=O)c2nnc(C3CC3)s2)c1. The lowest BCUT2D eigenvalue weighted by molar-refractivity contribution is -0.117. The van der Waals surface area contributed by atoms with Crippen LogP contribution in [0.5, 0.6) is 0 Å². The van der Waals surface area contributed by atoms with Gasteiger partial charge in [0.25, 0.3) is 0 Å². The molecule has 10 heteroatoms. The summed E-state index contributed by atoms with van der Waals surface area (Å²) in [4.78, 5) is 33.9. The van der Waals surface area contributed by atoms with E-state index in [4.69, 9.17) is 11.5 Å². The summed E-state index contributed by atoms with van der Waals surface area (Å²) in [5, 5.41) is 9.65. The molecule has 1 aliphatic rings. The highest BCUT2D eigenvalue weighted by Gasteiger charge is 2.30. The lowest BCUT2D eigenvalue weighted by Gasteiger charge is -2.20. The number of urea groups is 1. The van der Waals surface area contributed by atoms with Crippen molar-refractivity contribution in [2.24, 2.45) is 5.73 Å². The van der Waals surface area contributed by atoms with E-state index in [0.29, 0.717) is 27.9 Å².